The molecule has 1 unspecified atom stereocenters. The highest BCUT2D eigenvalue weighted by Gasteiger charge is 2.28. The van der Waals surface area contributed by atoms with E-state index in [0.29, 0.717) is 0 Å². The molecule has 0 N–H and O–H groups in total. The highest BCUT2D eigenvalue weighted by molar-refractivity contribution is 8.37. The molecular formula is C17H26N2S. The molecule has 0 amide bonds. The standard InChI is InChI=1S/C17H26N2S/c1-2-3-12-20(19-11-10-18-15-19)13-9-17(14-20)16-7-5-4-6-8-16/h9-11,13-16H,2-8,12H2,1H3. The minimum absolute atomic E-state index is 0.819. The first-order valence-corrected chi connectivity index (χ1v) is 9.92. The van der Waals surface area contributed by atoms with Gasteiger partial charge in [-0.25, -0.2) is 4.98 Å². The van der Waals surface area contributed by atoms with Crippen molar-refractivity contribution in [1.82, 2.24) is 8.96 Å². The molecule has 1 saturated carbocycles. The molecule has 0 aromatic carbocycles. The summed E-state index contributed by atoms with van der Waals surface area (Å²) >= 11 is 0. The molecule has 3 heteroatoms. The highest BCUT2D eigenvalue weighted by atomic mass is 32.3. The van der Waals surface area contributed by atoms with Gasteiger partial charge in [-0.05, 0) is 41.6 Å². The van der Waals surface area contributed by atoms with Crippen molar-refractivity contribution in [2.75, 3.05) is 5.75 Å². The van der Waals surface area contributed by atoms with Crippen molar-refractivity contribution in [2.24, 2.45) is 5.92 Å². The molecule has 0 radical (unpaired) electrons. The molecule has 1 atom stereocenters. The van der Waals surface area contributed by atoms with Crippen LogP contribution >= 0.6 is 10.2 Å². The molecule has 2 nitrogen and oxygen atoms in total. The number of unbranched alkanes of at least 4 members (excludes halogenated alkanes) is 1. The first-order valence-electron chi connectivity index (χ1n) is 8.03. The van der Waals surface area contributed by atoms with Gasteiger partial charge in [0.1, 0.15) is 6.33 Å². The van der Waals surface area contributed by atoms with Crippen LogP contribution < -0.4 is 0 Å². The van der Waals surface area contributed by atoms with Crippen LogP contribution in [-0.2, 0) is 0 Å². The van der Waals surface area contributed by atoms with E-state index in [-0.39, 0.29) is 0 Å². The Morgan fingerprint density at radius 3 is 2.85 bits per heavy atom. The maximum Gasteiger partial charge on any atom is 0.104 e. The van der Waals surface area contributed by atoms with Gasteiger partial charge >= 0.3 is 0 Å². The van der Waals surface area contributed by atoms with Crippen molar-refractivity contribution in [3.8, 4) is 0 Å². The predicted octanol–water partition coefficient (Wildman–Crippen LogP) is 5.24. The molecule has 2 heterocycles. The van der Waals surface area contributed by atoms with E-state index in [1.807, 2.05) is 12.5 Å². The van der Waals surface area contributed by atoms with Crippen molar-refractivity contribution < 1.29 is 0 Å². The van der Waals surface area contributed by atoms with Crippen molar-refractivity contribution in [2.45, 2.75) is 51.9 Å². The van der Waals surface area contributed by atoms with Gasteiger partial charge in [0.15, 0.2) is 0 Å². The Bertz CT molecular complexity index is 483. The molecule has 0 spiro atoms. The Morgan fingerprint density at radius 1 is 1.30 bits per heavy atom. The zero-order chi connectivity index (χ0) is 13.8. The molecule has 0 bridgehead atoms. The van der Waals surface area contributed by atoms with Crippen molar-refractivity contribution in [1.29, 1.82) is 0 Å². The van der Waals surface area contributed by atoms with Gasteiger partial charge in [0.05, 0.1) is 0 Å². The summed E-state index contributed by atoms with van der Waals surface area (Å²) in [6, 6.07) is 0. The van der Waals surface area contributed by atoms with E-state index in [1.165, 1.54) is 50.7 Å². The molecule has 2 aliphatic rings. The lowest BCUT2D eigenvalue weighted by Gasteiger charge is -2.33. The van der Waals surface area contributed by atoms with Crippen LogP contribution in [0.25, 0.3) is 0 Å². The third-order valence-electron chi connectivity index (χ3n) is 4.61. The van der Waals surface area contributed by atoms with Crippen LogP contribution in [0.4, 0.5) is 0 Å². The molecule has 1 fully saturated rings. The Labute approximate surface area is 124 Å². The minimum Gasteiger partial charge on any atom is -0.292 e. The Balaban J connectivity index is 1.84. The summed E-state index contributed by atoms with van der Waals surface area (Å²) < 4.78 is 2.37. The van der Waals surface area contributed by atoms with Crippen molar-refractivity contribution in [3.05, 3.63) is 41.2 Å². The van der Waals surface area contributed by atoms with E-state index < -0.39 is 10.2 Å². The minimum atomic E-state index is -0.946. The fourth-order valence-electron chi connectivity index (χ4n) is 3.37. The molecule has 1 aliphatic heterocycles. The van der Waals surface area contributed by atoms with E-state index in [2.05, 4.69) is 39.0 Å². The Hall–Kier alpha value is -0.960. The second-order valence-corrected chi connectivity index (χ2v) is 9.00. The van der Waals surface area contributed by atoms with Gasteiger partial charge in [-0.2, -0.15) is 0 Å². The summed E-state index contributed by atoms with van der Waals surface area (Å²) in [4.78, 5) is 4.28. The summed E-state index contributed by atoms with van der Waals surface area (Å²) in [5, 5.41) is 5.11. The smallest absolute Gasteiger partial charge is 0.104 e. The van der Waals surface area contributed by atoms with Gasteiger partial charge in [0, 0.05) is 18.1 Å². The van der Waals surface area contributed by atoms with Crippen LogP contribution in [0, 0.1) is 5.92 Å². The third-order valence-corrected chi connectivity index (χ3v) is 7.84. The van der Waals surface area contributed by atoms with Crippen molar-refractivity contribution in [3.63, 3.8) is 0 Å². The maximum atomic E-state index is 4.28. The van der Waals surface area contributed by atoms with Crippen LogP contribution in [0.2, 0.25) is 0 Å². The quantitative estimate of drug-likeness (QED) is 0.725. The lowest BCUT2D eigenvalue weighted by molar-refractivity contribution is 0.409. The zero-order valence-electron chi connectivity index (χ0n) is 12.5. The summed E-state index contributed by atoms with van der Waals surface area (Å²) in [7, 11) is -0.946. The van der Waals surface area contributed by atoms with E-state index in [9.17, 15) is 0 Å². The highest BCUT2D eigenvalue weighted by Crippen LogP contribution is 2.58. The third kappa shape index (κ3) is 2.73. The zero-order valence-corrected chi connectivity index (χ0v) is 13.3. The second-order valence-electron chi connectivity index (χ2n) is 6.05. The molecule has 20 heavy (non-hydrogen) atoms. The summed E-state index contributed by atoms with van der Waals surface area (Å²) in [6.07, 6.45) is 18.1. The Kier molecular flexibility index (Phi) is 4.35. The maximum absolute atomic E-state index is 4.28. The van der Waals surface area contributed by atoms with Gasteiger partial charge in [-0.3, -0.25) is 3.97 Å². The summed E-state index contributed by atoms with van der Waals surface area (Å²) in [6.45, 7) is 2.28. The topological polar surface area (TPSA) is 17.8 Å². The summed E-state index contributed by atoms with van der Waals surface area (Å²) in [5.41, 5.74) is 1.62. The van der Waals surface area contributed by atoms with Gasteiger partial charge in [-0.15, -0.1) is 10.2 Å². The van der Waals surface area contributed by atoms with Crippen LogP contribution in [0.15, 0.2) is 41.2 Å². The largest absolute Gasteiger partial charge is 0.292 e. The number of rotatable bonds is 5. The fraction of sp³-hybridized carbons (Fsp3) is 0.588. The normalized spacial score (nSPS) is 30.1. The van der Waals surface area contributed by atoms with Gasteiger partial charge in [-0.1, -0.05) is 38.7 Å². The molecule has 110 valence electrons. The van der Waals surface area contributed by atoms with Gasteiger partial charge < -0.3 is 0 Å². The predicted molar refractivity (Wildman–Crippen MR) is 88.8 cm³/mol. The van der Waals surface area contributed by atoms with E-state index in [1.54, 1.807) is 5.57 Å². The number of aromatic nitrogens is 2. The van der Waals surface area contributed by atoms with Crippen LogP contribution in [-0.4, -0.2) is 14.7 Å². The second kappa shape index (κ2) is 6.21. The molecular weight excluding hydrogens is 264 g/mol. The number of imidazole rings is 1. The Morgan fingerprint density at radius 2 is 2.15 bits per heavy atom. The van der Waals surface area contributed by atoms with E-state index >= 15 is 0 Å². The van der Waals surface area contributed by atoms with Gasteiger partial charge in [0.2, 0.25) is 0 Å². The van der Waals surface area contributed by atoms with Crippen molar-refractivity contribution >= 4 is 10.2 Å². The van der Waals surface area contributed by atoms with E-state index in [4.69, 9.17) is 0 Å². The molecule has 1 aromatic heterocycles. The number of hydrogen-bond acceptors (Lipinski definition) is 1. The van der Waals surface area contributed by atoms with Gasteiger partial charge in [0.25, 0.3) is 0 Å². The molecule has 1 aliphatic carbocycles. The SMILES string of the molecule is CCCCS1(n2ccnc2)C=CC(C2CCCCC2)=C1. The average molecular weight is 290 g/mol. The monoisotopic (exact) mass is 290 g/mol. The molecule has 3 rings (SSSR count). The lowest BCUT2D eigenvalue weighted by Crippen LogP contribution is -2.09. The average Bonchev–Trinajstić information content (AvgIpc) is 3.16. The number of allylic oxidation sites excluding steroid dienone is 2. The van der Waals surface area contributed by atoms with Crippen LogP contribution in [0.5, 0.6) is 0 Å². The van der Waals surface area contributed by atoms with E-state index in [0.717, 1.165) is 5.92 Å². The number of nitrogens with zero attached hydrogens (tertiary/aromatic N) is 2. The first-order chi connectivity index (χ1) is 9.84. The van der Waals surface area contributed by atoms with Crippen LogP contribution in [0.3, 0.4) is 0 Å². The first kappa shape index (κ1) is 14.0. The van der Waals surface area contributed by atoms with Crippen LogP contribution in [0.1, 0.15) is 51.9 Å². The lowest BCUT2D eigenvalue weighted by atomic mass is 9.84. The fourth-order valence-corrected chi connectivity index (χ4v) is 6.57. The summed E-state index contributed by atoms with van der Waals surface area (Å²) in [5.74, 6) is 2.09. The molecule has 0 saturated heterocycles. The number of hydrogen-bond donors (Lipinski definition) is 0. The molecule has 1 aromatic rings.